The van der Waals surface area contributed by atoms with Crippen LogP contribution in [0, 0.1) is 13.8 Å². The lowest BCUT2D eigenvalue weighted by Crippen LogP contribution is -1.90. The summed E-state index contributed by atoms with van der Waals surface area (Å²) in [6, 6.07) is 4.41. The minimum absolute atomic E-state index is 0.0685. The molecule has 0 N–H and O–H groups in total. The quantitative estimate of drug-likeness (QED) is 0.521. The first-order valence-corrected chi connectivity index (χ1v) is 11.5. The third-order valence-electron chi connectivity index (χ3n) is 4.35. The zero-order valence-corrected chi connectivity index (χ0v) is 18.4. The third-order valence-corrected chi connectivity index (χ3v) is 7.36. The first-order chi connectivity index (χ1) is 12.8. The second-order valence-corrected chi connectivity index (χ2v) is 10.1. The lowest BCUT2D eigenvalue weighted by atomic mass is 9.97. The van der Waals surface area contributed by atoms with Crippen LogP contribution in [0.4, 0.5) is 0 Å². The van der Waals surface area contributed by atoms with Crippen LogP contribution in [-0.2, 0) is 9.59 Å². The zero-order valence-electron chi connectivity index (χ0n) is 15.9. The number of carbonyl (C=O) groups is 2. The van der Waals surface area contributed by atoms with E-state index < -0.39 is 0 Å². The standard InChI is InChI=1S/C22H22O2S3/c1-13(23)5-7-17-9-19(15(3)26-17)21-11-25-12-22(21)20-10-18(27-16(20)4)8-6-14(2)24/h5-10H,11-12H2,1-4H3/b7-5+,8-6+. The fourth-order valence-corrected chi connectivity index (χ4v) is 6.17. The molecule has 0 aliphatic carbocycles. The van der Waals surface area contributed by atoms with Crippen LogP contribution >= 0.6 is 34.4 Å². The van der Waals surface area contributed by atoms with Gasteiger partial charge in [-0.05, 0) is 86.4 Å². The van der Waals surface area contributed by atoms with Crippen molar-refractivity contribution in [2.45, 2.75) is 27.7 Å². The fraction of sp³-hybridized carbons (Fsp3) is 0.273. The maximum atomic E-state index is 11.2. The van der Waals surface area contributed by atoms with E-state index in [9.17, 15) is 9.59 Å². The van der Waals surface area contributed by atoms with Gasteiger partial charge in [0.2, 0.25) is 0 Å². The van der Waals surface area contributed by atoms with Crippen molar-refractivity contribution in [1.82, 2.24) is 0 Å². The lowest BCUT2D eigenvalue weighted by Gasteiger charge is -2.06. The Labute approximate surface area is 172 Å². The molecule has 140 valence electrons. The summed E-state index contributed by atoms with van der Waals surface area (Å²) in [7, 11) is 0. The Bertz CT molecular complexity index is 905. The molecule has 0 amide bonds. The molecule has 0 saturated carbocycles. The van der Waals surface area contributed by atoms with Gasteiger partial charge >= 0.3 is 0 Å². The summed E-state index contributed by atoms with van der Waals surface area (Å²) in [5.41, 5.74) is 5.41. The summed E-state index contributed by atoms with van der Waals surface area (Å²) in [5, 5.41) is 0. The number of thiophene rings is 2. The van der Waals surface area contributed by atoms with Crippen LogP contribution < -0.4 is 0 Å². The number of hydrogen-bond acceptors (Lipinski definition) is 5. The van der Waals surface area contributed by atoms with Crippen molar-refractivity contribution in [2.24, 2.45) is 0 Å². The number of thioether (sulfide) groups is 1. The van der Waals surface area contributed by atoms with Crippen LogP contribution in [0.1, 0.15) is 44.5 Å². The highest BCUT2D eigenvalue weighted by atomic mass is 32.2. The molecule has 5 heteroatoms. The molecule has 0 unspecified atom stereocenters. The van der Waals surface area contributed by atoms with Crippen molar-refractivity contribution in [3.63, 3.8) is 0 Å². The Hall–Kier alpha value is -1.69. The van der Waals surface area contributed by atoms with E-state index in [1.165, 1.54) is 32.0 Å². The first kappa shape index (κ1) is 20.1. The molecule has 2 nitrogen and oxygen atoms in total. The number of carbonyl (C=O) groups excluding carboxylic acids is 2. The van der Waals surface area contributed by atoms with Gasteiger partial charge in [0.05, 0.1) is 0 Å². The molecule has 0 aromatic carbocycles. The number of rotatable bonds is 6. The molecule has 1 aliphatic rings. The van der Waals surface area contributed by atoms with E-state index in [0.717, 1.165) is 21.3 Å². The molecule has 0 fully saturated rings. The van der Waals surface area contributed by atoms with Crippen LogP contribution in [0.2, 0.25) is 0 Å². The van der Waals surface area contributed by atoms with E-state index in [-0.39, 0.29) is 11.6 Å². The van der Waals surface area contributed by atoms with Crippen molar-refractivity contribution in [1.29, 1.82) is 0 Å². The van der Waals surface area contributed by atoms with Gasteiger partial charge in [-0.1, -0.05) is 0 Å². The second kappa shape index (κ2) is 8.55. The van der Waals surface area contributed by atoms with Crippen molar-refractivity contribution in [3.8, 4) is 0 Å². The smallest absolute Gasteiger partial charge is 0.152 e. The monoisotopic (exact) mass is 414 g/mol. The van der Waals surface area contributed by atoms with Crippen molar-refractivity contribution in [2.75, 3.05) is 11.5 Å². The van der Waals surface area contributed by atoms with Gasteiger partial charge in [0, 0.05) is 31.0 Å². The molecule has 0 saturated heterocycles. The maximum Gasteiger partial charge on any atom is 0.152 e. The molecule has 0 atom stereocenters. The van der Waals surface area contributed by atoms with E-state index in [2.05, 4.69) is 26.0 Å². The minimum Gasteiger partial charge on any atom is -0.295 e. The Balaban J connectivity index is 2.00. The average Bonchev–Trinajstić information content (AvgIpc) is 3.29. The van der Waals surface area contributed by atoms with E-state index in [1.54, 1.807) is 48.7 Å². The molecule has 27 heavy (non-hydrogen) atoms. The lowest BCUT2D eigenvalue weighted by molar-refractivity contribution is -0.113. The molecule has 0 bridgehead atoms. The second-order valence-electron chi connectivity index (χ2n) is 6.58. The molecule has 0 spiro atoms. The number of hydrogen-bond donors (Lipinski definition) is 0. The van der Waals surface area contributed by atoms with Crippen LogP contribution in [0.15, 0.2) is 24.3 Å². The van der Waals surface area contributed by atoms with Crippen LogP contribution in [-0.4, -0.2) is 23.1 Å². The highest BCUT2D eigenvalue weighted by molar-refractivity contribution is 8.00. The highest BCUT2D eigenvalue weighted by Crippen LogP contribution is 2.43. The SMILES string of the molecule is CC(=O)/C=C/c1cc(C2=C(c3cc(/C=C/C(C)=O)sc3C)CSC2)c(C)s1. The summed E-state index contributed by atoms with van der Waals surface area (Å²) >= 11 is 5.41. The van der Waals surface area contributed by atoms with Gasteiger partial charge in [-0.15, -0.1) is 22.7 Å². The van der Waals surface area contributed by atoms with E-state index in [4.69, 9.17) is 0 Å². The molecule has 3 heterocycles. The van der Waals surface area contributed by atoms with Crippen molar-refractivity contribution >= 4 is 69.3 Å². The summed E-state index contributed by atoms with van der Waals surface area (Å²) in [5.74, 6) is 2.16. The van der Waals surface area contributed by atoms with Gasteiger partial charge in [0.1, 0.15) is 0 Å². The summed E-state index contributed by atoms with van der Waals surface area (Å²) in [6.45, 7) is 7.45. The number of aryl methyl sites for hydroxylation is 2. The number of allylic oxidation sites excluding steroid dienone is 2. The van der Waals surface area contributed by atoms with Crippen LogP contribution in [0.5, 0.6) is 0 Å². The molecule has 2 aromatic rings. The van der Waals surface area contributed by atoms with Crippen molar-refractivity contribution in [3.05, 3.63) is 54.9 Å². The average molecular weight is 415 g/mol. The summed E-state index contributed by atoms with van der Waals surface area (Å²) in [4.78, 5) is 27.3. The summed E-state index contributed by atoms with van der Waals surface area (Å²) in [6.07, 6.45) is 7.08. The zero-order chi connectivity index (χ0) is 19.6. The Morgan fingerprint density at radius 2 is 1.22 bits per heavy atom. The molecule has 3 rings (SSSR count). The van der Waals surface area contributed by atoms with Crippen LogP contribution in [0.3, 0.4) is 0 Å². The normalized spacial score (nSPS) is 14.8. The fourth-order valence-electron chi connectivity index (χ4n) is 3.08. The van der Waals surface area contributed by atoms with E-state index >= 15 is 0 Å². The third kappa shape index (κ3) is 4.78. The van der Waals surface area contributed by atoms with Gasteiger partial charge in [0.15, 0.2) is 11.6 Å². The van der Waals surface area contributed by atoms with Gasteiger partial charge < -0.3 is 0 Å². The number of ketones is 2. The molecule has 2 aromatic heterocycles. The van der Waals surface area contributed by atoms with Gasteiger partial charge in [0.25, 0.3) is 0 Å². The van der Waals surface area contributed by atoms with E-state index in [1.807, 2.05) is 23.9 Å². The predicted molar refractivity (Wildman–Crippen MR) is 122 cm³/mol. The van der Waals surface area contributed by atoms with Gasteiger partial charge in [-0.2, -0.15) is 11.8 Å². The predicted octanol–water partition coefficient (Wildman–Crippen LogP) is 6.29. The molecular formula is C22H22O2S3. The molecule has 0 radical (unpaired) electrons. The van der Waals surface area contributed by atoms with Crippen LogP contribution in [0.25, 0.3) is 23.3 Å². The van der Waals surface area contributed by atoms with Gasteiger partial charge in [-0.25, -0.2) is 0 Å². The molecule has 1 aliphatic heterocycles. The first-order valence-electron chi connectivity index (χ1n) is 8.74. The topological polar surface area (TPSA) is 34.1 Å². The molecular weight excluding hydrogens is 392 g/mol. The highest BCUT2D eigenvalue weighted by Gasteiger charge is 2.23. The minimum atomic E-state index is 0.0685. The Morgan fingerprint density at radius 1 is 0.815 bits per heavy atom. The Kier molecular flexibility index (Phi) is 6.35. The Morgan fingerprint density at radius 3 is 1.59 bits per heavy atom. The van der Waals surface area contributed by atoms with E-state index in [0.29, 0.717) is 0 Å². The summed E-state index contributed by atoms with van der Waals surface area (Å²) < 4.78 is 0. The largest absolute Gasteiger partial charge is 0.295 e. The maximum absolute atomic E-state index is 11.2. The van der Waals surface area contributed by atoms with Crippen molar-refractivity contribution < 1.29 is 9.59 Å². The van der Waals surface area contributed by atoms with Gasteiger partial charge in [-0.3, -0.25) is 9.59 Å².